The normalized spacial score (nSPS) is 20.6. The summed E-state index contributed by atoms with van der Waals surface area (Å²) in [7, 11) is 4.04. The van der Waals surface area contributed by atoms with Crippen LogP contribution in [0.2, 0.25) is 0 Å². The Morgan fingerprint density at radius 2 is 1.92 bits per heavy atom. The predicted molar refractivity (Wildman–Crippen MR) is 97.4 cm³/mol. The van der Waals surface area contributed by atoms with Crippen LogP contribution in [0.1, 0.15) is 30.6 Å². The lowest BCUT2D eigenvalue weighted by Gasteiger charge is -2.40. The maximum atomic E-state index is 12.9. The molecule has 1 saturated heterocycles. The summed E-state index contributed by atoms with van der Waals surface area (Å²) in [4.78, 5) is 16.9. The zero-order valence-electron chi connectivity index (χ0n) is 15.7. The Labute approximate surface area is 150 Å². The molecule has 6 nitrogen and oxygen atoms in total. The van der Waals surface area contributed by atoms with Crippen molar-refractivity contribution in [1.82, 2.24) is 9.80 Å². The van der Waals surface area contributed by atoms with Crippen LogP contribution < -0.4 is 9.47 Å². The second-order valence-electron chi connectivity index (χ2n) is 6.54. The fraction of sp³-hybridized carbons (Fsp3) is 0.632. The van der Waals surface area contributed by atoms with Crippen molar-refractivity contribution < 1.29 is 19.4 Å². The number of aliphatic hydroxyl groups excluding tert-OH is 1. The van der Waals surface area contributed by atoms with E-state index in [4.69, 9.17) is 9.47 Å². The van der Waals surface area contributed by atoms with Crippen LogP contribution in [0.3, 0.4) is 0 Å². The Kier molecular flexibility index (Phi) is 7.08. The Bertz CT molecular complexity index is 577. The van der Waals surface area contributed by atoms with Crippen LogP contribution in [-0.4, -0.2) is 73.9 Å². The molecular formula is C19H30N2O4. The Hall–Kier alpha value is -1.79. The van der Waals surface area contributed by atoms with Gasteiger partial charge in [0.05, 0.1) is 13.2 Å². The molecule has 1 N–H and O–H groups in total. The number of amides is 1. The molecule has 2 atom stereocenters. The average molecular weight is 350 g/mol. The minimum Gasteiger partial charge on any atom is -0.490 e. The summed E-state index contributed by atoms with van der Waals surface area (Å²) < 4.78 is 11.2. The van der Waals surface area contributed by atoms with E-state index in [2.05, 4.69) is 4.90 Å². The zero-order valence-corrected chi connectivity index (χ0v) is 15.7. The van der Waals surface area contributed by atoms with Crippen LogP contribution in [0.4, 0.5) is 0 Å². The van der Waals surface area contributed by atoms with Gasteiger partial charge in [0.15, 0.2) is 11.5 Å². The molecule has 1 aromatic carbocycles. The van der Waals surface area contributed by atoms with Crippen molar-refractivity contribution in [3.05, 3.63) is 23.8 Å². The monoisotopic (exact) mass is 350 g/mol. The van der Waals surface area contributed by atoms with Crippen LogP contribution in [0.25, 0.3) is 0 Å². The molecule has 0 spiro atoms. The van der Waals surface area contributed by atoms with E-state index in [1.165, 1.54) is 0 Å². The molecule has 0 bridgehead atoms. The Morgan fingerprint density at radius 3 is 2.52 bits per heavy atom. The first-order valence-electron chi connectivity index (χ1n) is 8.97. The van der Waals surface area contributed by atoms with Crippen LogP contribution in [0.15, 0.2) is 18.2 Å². The molecule has 0 saturated carbocycles. The summed E-state index contributed by atoms with van der Waals surface area (Å²) in [6.07, 6.45) is 0.860. The van der Waals surface area contributed by atoms with Crippen LogP contribution in [0, 0.1) is 5.92 Å². The number of likely N-dealkylation sites (tertiary alicyclic amines) is 1. The molecule has 0 unspecified atom stereocenters. The topological polar surface area (TPSA) is 62.2 Å². The highest BCUT2D eigenvalue weighted by Crippen LogP contribution is 2.30. The van der Waals surface area contributed by atoms with Gasteiger partial charge in [-0.05, 0) is 52.6 Å². The highest BCUT2D eigenvalue weighted by atomic mass is 16.5. The van der Waals surface area contributed by atoms with E-state index in [1.54, 1.807) is 18.2 Å². The first-order chi connectivity index (χ1) is 12.0. The first kappa shape index (κ1) is 19.5. The van der Waals surface area contributed by atoms with Crippen molar-refractivity contribution in [3.8, 4) is 11.5 Å². The van der Waals surface area contributed by atoms with Crippen molar-refractivity contribution in [2.45, 2.75) is 26.3 Å². The number of hydrogen-bond acceptors (Lipinski definition) is 5. The number of rotatable bonds is 7. The molecule has 0 radical (unpaired) electrons. The van der Waals surface area contributed by atoms with E-state index in [9.17, 15) is 9.90 Å². The van der Waals surface area contributed by atoms with Crippen molar-refractivity contribution in [1.29, 1.82) is 0 Å². The molecular weight excluding hydrogens is 320 g/mol. The predicted octanol–water partition coefficient (Wildman–Crippen LogP) is 1.87. The fourth-order valence-electron chi connectivity index (χ4n) is 3.43. The second kappa shape index (κ2) is 9.06. The average Bonchev–Trinajstić information content (AvgIpc) is 2.62. The van der Waals surface area contributed by atoms with Gasteiger partial charge in [-0.25, -0.2) is 0 Å². The van der Waals surface area contributed by atoms with Gasteiger partial charge in [0.25, 0.3) is 5.91 Å². The summed E-state index contributed by atoms with van der Waals surface area (Å²) in [6, 6.07) is 5.62. The molecule has 140 valence electrons. The quantitative estimate of drug-likeness (QED) is 0.813. The molecule has 1 heterocycles. The lowest BCUT2D eigenvalue weighted by atomic mass is 9.91. The molecule has 1 aliphatic heterocycles. The van der Waals surface area contributed by atoms with Gasteiger partial charge in [0, 0.05) is 37.2 Å². The fourth-order valence-corrected chi connectivity index (χ4v) is 3.43. The Balaban J connectivity index is 2.16. The maximum absolute atomic E-state index is 12.9. The van der Waals surface area contributed by atoms with Gasteiger partial charge in [-0.1, -0.05) is 0 Å². The number of piperidine rings is 1. The molecule has 2 rings (SSSR count). The lowest BCUT2D eigenvalue weighted by Crippen LogP contribution is -2.51. The molecule has 1 aliphatic rings. The molecule has 0 aromatic heterocycles. The minimum absolute atomic E-state index is 0.0281. The molecule has 0 aliphatic carbocycles. The summed E-state index contributed by atoms with van der Waals surface area (Å²) >= 11 is 0. The van der Waals surface area contributed by atoms with Crippen molar-refractivity contribution in [2.75, 3.05) is 47.0 Å². The smallest absolute Gasteiger partial charge is 0.254 e. The zero-order chi connectivity index (χ0) is 18.4. The number of carbonyl (C=O) groups excluding carboxylic acids is 1. The van der Waals surface area contributed by atoms with Crippen LogP contribution >= 0.6 is 0 Å². The van der Waals surface area contributed by atoms with E-state index in [-0.39, 0.29) is 18.4 Å². The number of aliphatic hydroxyl groups is 1. The van der Waals surface area contributed by atoms with E-state index >= 15 is 0 Å². The van der Waals surface area contributed by atoms with Crippen molar-refractivity contribution >= 4 is 5.91 Å². The summed E-state index contributed by atoms with van der Waals surface area (Å²) in [6.45, 7) is 6.22. The highest BCUT2D eigenvalue weighted by Gasteiger charge is 2.32. The SMILES string of the molecule is CCOc1ccc(C(=O)N2CC[C@@H](N(C)C)[C@@H](CO)C2)cc1OCC. The largest absolute Gasteiger partial charge is 0.490 e. The van der Waals surface area contributed by atoms with Crippen molar-refractivity contribution in [3.63, 3.8) is 0 Å². The number of benzene rings is 1. The van der Waals surface area contributed by atoms with Crippen LogP contribution in [0.5, 0.6) is 11.5 Å². The number of hydrogen-bond donors (Lipinski definition) is 1. The van der Waals surface area contributed by atoms with Gasteiger partial charge in [-0.15, -0.1) is 0 Å². The third-order valence-electron chi connectivity index (χ3n) is 4.67. The summed E-state index contributed by atoms with van der Waals surface area (Å²) in [5.41, 5.74) is 0.590. The Morgan fingerprint density at radius 1 is 1.24 bits per heavy atom. The van der Waals surface area contributed by atoms with Gasteiger partial charge in [-0.2, -0.15) is 0 Å². The molecule has 6 heteroatoms. The molecule has 1 amide bonds. The second-order valence-corrected chi connectivity index (χ2v) is 6.54. The third kappa shape index (κ3) is 4.64. The maximum Gasteiger partial charge on any atom is 0.254 e. The van der Waals surface area contributed by atoms with Gasteiger partial charge in [-0.3, -0.25) is 4.79 Å². The third-order valence-corrected chi connectivity index (χ3v) is 4.67. The first-order valence-corrected chi connectivity index (χ1v) is 8.97. The van der Waals surface area contributed by atoms with Gasteiger partial charge in [0.2, 0.25) is 0 Å². The lowest BCUT2D eigenvalue weighted by molar-refractivity contribution is 0.0378. The van der Waals surface area contributed by atoms with Gasteiger partial charge >= 0.3 is 0 Å². The van der Waals surface area contributed by atoms with Crippen molar-refractivity contribution in [2.24, 2.45) is 5.92 Å². The van der Waals surface area contributed by atoms with Gasteiger partial charge in [0.1, 0.15) is 0 Å². The molecule has 25 heavy (non-hydrogen) atoms. The van der Waals surface area contributed by atoms with Crippen LogP contribution in [-0.2, 0) is 0 Å². The number of ether oxygens (including phenoxy) is 2. The van der Waals surface area contributed by atoms with E-state index in [0.717, 1.165) is 6.42 Å². The minimum atomic E-state index is -0.0281. The standard InChI is InChI=1S/C19H30N2O4/c1-5-24-17-8-7-14(11-18(17)25-6-2)19(23)21-10-9-16(20(3)4)15(12-21)13-22/h7-8,11,15-16,22H,5-6,9-10,12-13H2,1-4H3/t15-,16-/m1/s1. The summed E-state index contributed by atoms with van der Waals surface area (Å²) in [5.74, 6) is 1.29. The van der Waals surface area contributed by atoms with E-state index < -0.39 is 0 Å². The highest BCUT2D eigenvalue weighted by molar-refractivity contribution is 5.95. The number of nitrogens with zero attached hydrogens (tertiary/aromatic N) is 2. The molecule has 1 aromatic rings. The van der Waals surface area contributed by atoms with Gasteiger partial charge < -0.3 is 24.4 Å². The van der Waals surface area contributed by atoms with E-state index in [1.807, 2.05) is 32.8 Å². The van der Waals surface area contributed by atoms with E-state index in [0.29, 0.717) is 49.4 Å². The number of carbonyl (C=O) groups is 1. The summed E-state index contributed by atoms with van der Waals surface area (Å²) in [5, 5.41) is 9.69. The molecule has 1 fully saturated rings.